The van der Waals surface area contributed by atoms with Crippen molar-refractivity contribution in [2.24, 2.45) is 5.73 Å². The Balaban J connectivity index is 1.36. The predicted octanol–water partition coefficient (Wildman–Crippen LogP) is -0.134. The van der Waals surface area contributed by atoms with E-state index in [1.54, 1.807) is 12.4 Å². The van der Waals surface area contributed by atoms with Crippen LogP contribution in [0.15, 0.2) is 12.4 Å². The molecule has 1 amide bonds. The Morgan fingerprint density at radius 1 is 1.04 bits per heavy atom. The van der Waals surface area contributed by atoms with Gasteiger partial charge in [-0.3, -0.25) is 14.7 Å². The quantitative estimate of drug-likeness (QED) is 0.790. The highest BCUT2D eigenvalue weighted by Gasteiger charge is 2.30. The summed E-state index contributed by atoms with van der Waals surface area (Å²) in [5.74, 6) is 0.824. The van der Waals surface area contributed by atoms with Crippen molar-refractivity contribution in [2.45, 2.75) is 31.3 Å². The van der Waals surface area contributed by atoms with Crippen LogP contribution in [-0.4, -0.2) is 102 Å². The molecule has 3 saturated heterocycles. The highest BCUT2D eigenvalue weighted by molar-refractivity contribution is 5.92. The summed E-state index contributed by atoms with van der Waals surface area (Å²) in [5.41, 5.74) is 6.52. The lowest BCUT2D eigenvalue weighted by atomic mass is 10.0. The second-order valence-electron chi connectivity index (χ2n) is 8.12. The Morgan fingerprint density at radius 2 is 1.78 bits per heavy atom. The Morgan fingerprint density at radius 3 is 2.44 bits per heavy atom. The molecule has 0 saturated carbocycles. The van der Waals surface area contributed by atoms with Gasteiger partial charge in [0.05, 0.1) is 12.4 Å². The van der Waals surface area contributed by atoms with E-state index < -0.39 is 0 Å². The van der Waals surface area contributed by atoms with Crippen LogP contribution in [0.2, 0.25) is 0 Å². The summed E-state index contributed by atoms with van der Waals surface area (Å²) in [6.45, 7) is 7.39. The highest BCUT2D eigenvalue weighted by Crippen LogP contribution is 2.23. The fraction of sp³-hybridized carbons (Fsp3) is 0.737. The molecule has 0 aromatic carbocycles. The van der Waals surface area contributed by atoms with E-state index in [0.29, 0.717) is 17.8 Å². The summed E-state index contributed by atoms with van der Waals surface area (Å²) >= 11 is 0. The molecule has 0 radical (unpaired) electrons. The van der Waals surface area contributed by atoms with E-state index in [1.807, 2.05) is 4.90 Å². The van der Waals surface area contributed by atoms with Gasteiger partial charge >= 0.3 is 0 Å². The second-order valence-corrected chi connectivity index (χ2v) is 8.12. The second kappa shape index (κ2) is 8.08. The monoisotopic (exact) mass is 373 g/mol. The number of hydrogen-bond acceptors (Lipinski definition) is 7. The van der Waals surface area contributed by atoms with Crippen LogP contribution in [0.25, 0.3) is 0 Å². The van der Waals surface area contributed by atoms with Crippen LogP contribution >= 0.6 is 0 Å². The molecule has 0 aliphatic carbocycles. The lowest BCUT2D eigenvalue weighted by Gasteiger charge is -2.37. The van der Waals surface area contributed by atoms with Crippen molar-refractivity contribution in [3.05, 3.63) is 18.1 Å². The molecule has 27 heavy (non-hydrogen) atoms. The van der Waals surface area contributed by atoms with Gasteiger partial charge in [0, 0.05) is 64.4 Å². The highest BCUT2D eigenvalue weighted by atomic mass is 16.2. The summed E-state index contributed by atoms with van der Waals surface area (Å²) in [5, 5.41) is 0. The summed E-state index contributed by atoms with van der Waals surface area (Å²) < 4.78 is 0. The van der Waals surface area contributed by atoms with E-state index in [1.165, 1.54) is 0 Å². The Hall–Kier alpha value is -1.77. The van der Waals surface area contributed by atoms with E-state index in [4.69, 9.17) is 5.73 Å². The number of carbonyl (C=O) groups excluding carboxylic acids is 1. The lowest BCUT2D eigenvalue weighted by molar-refractivity contribution is 0.0658. The van der Waals surface area contributed by atoms with Crippen molar-refractivity contribution in [3.8, 4) is 0 Å². The Labute approximate surface area is 161 Å². The van der Waals surface area contributed by atoms with Crippen LogP contribution < -0.4 is 10.6 Å². The molecule has 3 aliphatic rings. The lowest BCUT2D eigenvalue weighted by Crippen LogP contribution is -2.47. The van der Waals surface area contributed by atoms with Crippen LogP contribution in [0, 0.1) is 0 Å². The molecule has 3 fully saturated rings. The molecule has 3 aliphatic heterocycles. The average Bonchev–Trinajstić information content (AvgIpc) is 3.15. The van der Waals surface area contributed by atoms with Gasteiger partial charge in [0.1, 0.15) is 11.5 Å². The van der Waals surface area contributed by atoms with Gasteiger partial charge in [0.15, 0.2) is 0 Å². The standard InChI is InChI=1S/C19H31N7O/c1-23-8-10-25(11-9-23)19(27)17-12-21-13-18(22-17)24-6-3-16(4-7-24)26-5-2-15(20)14-26/h12-13,15-16H,2-11,14,20H2,1H3/t15-/m1/s1. The minimum absolute atomic E-state index is 0.00149. The molecule has 4 rings (SSSR count). The third-order valence-corrected chi connectivity index (χ3v) is 6.19. The fourth-order valence-electron chi connectivity index (χ4n) is 4.39. The number of rotatable bonds is 3. The number of likely N-dealkylation sites (N-methyl/N-ethyl adjacent to an activating group) is 1. The van der Waals surface area contributed by atoms with Gasteiger partial charge in [0.25, 0.3) is 5.91 Å². The molecule has 1 aromatic heterocycles. The summed E-state index contributed by atoms with van der Waals surface area (Å²) in [6.07, 6.45) is 6.73. The maximum atomic E-state index is 12.8. The minimum Gasteiger partial charge on any atom is -0.355 e. The molecular weight excluding hydrogens is 342 g/mol. The molecular formula is C19H31N7O. The van der Waals surface area contributed by atoms with Crippen LogP contribution in [0.1, 0.15) is 29.8 Å². The van der Waals surface area contributed by atoms with Gasteiger partial charge in [-0.05, 0) is 26.3 Å². The van der Waals surface area contributed by atoms with Crippen molar-refractivity contribution in [3.63, 3.8) is 0 Å². The summed E-state index contributed by atoms with van der Waals surface area (Å²) in [7, 11) is 2.09. The maximum Gasteiger partial charge on any atom is 0.274 e. The number of piperidine rings is 1. The maximum absolute atomic E-state index is 12.8. The van der Waals surface area contributed by atoms with Crippen LogP contribution in [-0.2, 0) is 0 Å². The number of piperazine rings is 1. The zero-order chi connectivity index (χ0) is 18.8. The first-order chi connectivity index (χ1) is 13.1. The zero-order valence-electron chi connectivity index (χ0n) is 16.3. The third kappa shape index (κ3) is 4.23. The molecule has 148 valence electrons. The SMILES string of the molecule is CN1CCN(C(=O)c2cncc(N3CCC(N4CC[C@@H](N)C4)CC3)n2)CC1. The van der Waals surface area contributed by atoms with Crippen LogP contribution in [0.4, 0.5) is 5.82 Å². The number of aromatic nitrogens is 2. The normalized spacial score (nSPS) is 25.9. The average molecular weight is 374 g/mol. The number of amides is 1. The number of carbonyl (C=O) groups is 1. The molecule has 0 spiro atoms. The Kier molecular flexibility index (Phi) is 5.56. The first-order valence-corrected chi connectivity index (χ1v) is 10.1. The molecule has 0 bridgehead atoms. The third-order valence-electron chi connectivity index (χ3n) is 6.19. The van der Waals surface area contributed by atoms with Crippen molar-refractivity contribution >= 4 is 11.7 Å². The largest absolute Gasteiger partial charge is 0.355 e. The Bertz CT molecular complexity index is 653. The van der Waals surface area contributed by atoms with Gasteiger partial charge in [-0.1, -0.05) is 0 Å². The van der Waals surface area contributed by atoms with E-state index in [9.17, 15) is 4.79 Å². The molecule has 1 atom stereocenters. The van der Waals surface area contributed by atoms with E-state index in [0.717, 1.165) is 77.4 Å². The molecule has 8 nitrogen and oxygen atoms in total. The summed E-state index contributed by atoms with van der Waals surface area (Å²) in [6, 6.07) is 0.962. The molecule has 1 aromatic rings. The predicted molar refractivity (Wildman–Crippen MR) is 105 cm³/mol. The molecule has 2 N–H and O–H groups in total. The number of hydrogen-bond donors (Lipinski definition) is 1. The first kappa shape index (κ1) is 18.6. The van der Waals surface area contributed by atoms with Gasteiger partial charge in [-0.15, -0.1) is 0 Å². The number of nitrogens with two attached hydrogens (primary N) is 1. The van der Waals surface area contributed by atoms with Gasteiger partial charge in [-0.2, -0.15) is 0 Å². The van der Waals surface area contributed by atoms with Crippen molar-refractivity contribution in [1.82, 2.24) is 24.7 Å². The van der Waals surface area contributed by atoms with E-state index in [2.05, 4.69) is 31.7 Å². The molecule has 0 unspecified atom stereocenters. The van der Waals surface area contributed by atoms with Gasteiger partial charge < -0.3 is 20.4 Å². The van der Waals surface area contributed by atoms with Gasteiger partial charge in [0.2, 0.25) is 0 Å². The van der Waals surface area contributed by atoms with Crippen LogP contribution in [0.5, 0.6) is 0 Å². The van der Waals surface area contributed by atoms with Crippen molar-refractivity contribution in [2.75, 3.05) is 64.3 Å². The number of likely N-dealkylation sites (tertiary alicyclic amines) is 1. The topological polar surface area (TPSA) is 81.8 Å². The van der Waals surface area contributed by atoms with Crippen molar-refractivity contribution in [1.29, 1.82) is 0 Å². The van der Waals surface area contributed by atoms with Crippen molar-refractivity contribution < 1.29 is 4.79 Å². The van der Waals surface area contributed by atoms with E-state index >= 15 is 0 Å². The summed E-state index contributed by atoms with van der Waals surface area (Å²) in [4.78, 5) is 30.7. The first-order valence-electron chi connectivity index (χ1n) is 10.1. The zero-order valence-corrected chi connectivity index (χ0v) is 16.3. The van der Waals surface area contributed by atoms with Gasteiger partial charge in [-0.25, -0.2) is 4.98 Å². The molecule has 8 heteroatoms. The number of anilines is 1. The smallest absolute Gasteiger partial charge is 0.274 e. The fourth-order valence-corrected chi connectivity index (χ4v) is 4.39. The van der Waals surface area contributed by atoms with E-state index in [-0.39, 0.29) is 5.91 Å². The van der Waals surface area contributed by atoms with Crippen LogP contribution in [0.3, 0.4) is 0 Å². The number of nitrogens with zero attached hydrogens (tertiary/aromatic N) is 6. The minimum atomic E-state index is -0.00149. The molecule has 4 heterocycles.